The summed E-state index contributed by atoms with van der Waals surface area (Å²) in [6.07, 6.45) is 3.99. The Hall–Kier alpha value is -1.84. The summed E-state index contributed by atoms with van der Waals surface area (Å²) in [6.45, 7) is 2.46. The molecule has 130 valence electrons. The van der Waals surface area contributed by atoms with Gasteiger partial charge in [-0.25, -0.2) is 0 Å². The highest BCUT2D eigenvalue weighted by molar-refractivity contribution is 5.85. The molecule has 2 N–H and O–H groups in total. The van der Waals surface area contributed by atoms with E-state index in [2.05, 4.69) is 31.2 Å². The number of unbranched alkanes of at least 4 members (excludes halogenated alkanes) is 1. The Balaban J connectivity index is 0.00000288. The number of hydrogen-bond donors (Lipinski definition) is 1. The highest BCUT2D eigenvalue weighted by Gasteiger charge is 2.15. The highest BCUT2D eigenvalue weighted by atomic mass is 35.5. The zero-order valence-corrected chi connectivity index (χ0v) is 14.9. The predicted molar refractivity (Wildman–Crippen MR) is 100 cm³/mol. The van der Waals surface area contributed by atoms with E-state index in [1.54, 1.807) is 0 Å². The van der Waals surface area contributed by atoms with Gasteiger partial charge in [-0.3, -0.25) is 4.79 Å². The third-order valence-electron chi connectivity index (χ3n) is 3.82. The molecule has 24 heavy (non-hydrogen) atoms. The van der Waals surface area contributed by atoms with Crippen LogP contribution >= 0.6 is 12.4 Å². The van der Waals surface area contributed by atoms with Crippen molar-refractivity contribution >= 4 is 18.4 Å². The highest BCUT2D eigenvalue weighted by Crippen LogP contribution is 2.10. The van der Waals surface area contributed by atoms with Crippen LogP contribution in [0.4, 0.5) is 0 Å². The molecule has 2 aromatic rings. The number of esters is 1. The van der Waals surface area contributed by atoms with Gasteiger partial charge in [0.1, 0.15) is 12.6 Å². The Labute approximate surface area is 150 Å². The lowest BCUT2D eigenvalue weighted by molar-refractivity contribution is -0.146. The molecule has 0 fully saturated rings. The number of hydrogen-bond acceptors (Lipinski definition) is 3. The second-order valence-electron chi connectivity index (χ2n) is 5.82. The number of carbonyl (C=O) groups excluding carboxylic acids is 1. The van der Waals surface area contributed by atoms with E-state index in [-0.39, 0.29) is 25.0 Å². The number of benzene rings is 2. The maximum atomic E-state index is 12.0. The van der Waals surface area contributed by atoms with Gasteiger partial charge >= 0.3 is 5.97 Å². The molecule has 0 heterocycles. The number of halogens is 1. The van der Waals surface area contributed by atoms with Crippen LogP contribution in [-0.4, -0.2) is 12.0 Å². The van der Waals surface area contributed by atoms with Crippen LogP contribution in [0.5, 0.6) is 0 Å². The first kappa shape index (κ1) is 20.2. The smallest absolute Gasteiger partial charge is 0.323 e. The molecule has 0 aromatic heterocycles. The van der Waals surface area contributed by atoms with Crippen LogP contribution in [0.1, 0.15) is 36.5 Å². The first-order valence-corrected chi connectivity index (χ1v) is 8.23. The number of aryl methyl sites for hydroxylation is 1. The largest absolute Gasteiger partial charge is 0.460 e. The van der Waals surface area contributed by atoms with Crippen LogP contribution in [0.3, 0.4) is 0 Å². The van der Waals surface area contributed by atoms with E-state index < -0.39 is 6.04 Å². The van der Waals surface area contributed by atoms with Crippen molar-refractivity contribution in [1.29, 1.82) is 0 Å². The average Bonchev–Trinajstić information content (AvgIpc) is 2.60. The van der Waals surface area contributed by atoms with Gasteiger partial charge in [0.2, 0.25) is 0 Å². The Morgan fingerprint density at radius 3 is 2.25 bits per heavy atom. The predicted octanol–water partition coefficient (Wildman–Crippen LogP) is 4.06. The fourth-order valence-corrected chi connectivity index (χ4v) is 2.40. The SMILES string of the molecule is CCCCc1ccc(C[C@H](N)C(=O)OCc2ccccc2)cc1.Cl. The first-order valence-electron chi connectivity index (χ1n) is 8.23. The van der Waals surface area contributed by atoms with Gasteiger partial charge in [0.05, 0.1) is 0 Å². The van der Waals surface area contributed by atoms with E-state index in [4.69, 9.17) is 10.5 Å². The van der Waals surface area contributed by atoms with Gasteiger partial charge in [0, 0.05) is 0 Å². The number of rotatable bonds is 8. The molecule has 0 radical (unpaired) electrons. The van der Waals surface area contributed by atoms with Gasteiger partial charge in [-0.05, 0) is 36.0 Å². The zero-order chi connectivity index (χ0) is 16.5. The van der Waals surface area contributed by atoms with Crippen LogP contribution in [0, 0.1) is 0 Å². The monoisotopic (exact) mass is 347 g/mol. The molecule has 0 spiro atoms. The molecule has 0 amide bonds. The molecule has 0 aliphatic carbocycles. The van der Waals surface area contributed by atoms with E-state index in [9.17, 15) is 4.79 Å². The summed E-state index contributed by atoms with van der Waals surface area (Å²) >= 11 is 0. The second kappa shape index (κ2) is 10.8. The summed E-state index contributed by atoms with van der Waals surface area (Å²) in [5, 5.41) is 0. The van der Waals surface area contributed by atoms with Crippen LogP contribution in [-0.2, 0) is 29.0 Å². The van der Waals surface area contributed by atoms with Gasteiger partial charge < -0.3 is 10.5 Å². The van der Waals surface area contributed by atoms with Crippen molar-refractivity contribution in [3.8, 4) is 0 Å². The maximum absolute atomic E-state index is 12.0. The summed E-state index contributed by atoms with van der Waals surface area (Å²) in [7, 11) is 0. The Morgan fingerprint density at radius 2 is 1.62 bits per heavy atom. The molecule has 2 aromatic carbocycles. The van der Waals surface area contributed by atoms with Crippen molar-refractivity contribution in [2.75, 3.05) is 0 Å². The molecule has 0 unspecified atom stereocenters. The molecule has 0 saturated heterocycles. The lowest BCUT2D eigenvalue weighted by Crippen LogP contribution is -2.34. The lowest BCUT2D eigenvalue weighted by Gasteiger charge is -2.12. The fraction of sp³-hybridized carbons (Fsp3) is 0.350. The number of nitrogens with two attached hydrogens (primary N) is 1. The van der Waals surface area contributed by atoms with Crippen LogP contribution < -0.4 is 5.73 Å². The van der Waals surface area contributed by atoms with Crippen LogP contribution in [0.2, 0.25) is 0 Å². The minimum Gasteiger partial charge on any atom is -0.460 e. The molecule has 0 aliphatic rings. The van der Waals surface area contributed by atoms with Gasteiger partial charge in [-0.15, -0.1) is 12.4 Å². The molecule has 4 heteroatoms. The minimum absolute atomic E-state index is 0. The summed E-state index contributed by atoms with van der Waals surface area (Å²) in [5.41, 5.74) is 9.32. The minimum atomic E-state index is -0.625. The summed E-state index contributed by atoms with van der Waals surface area (Å²) in [6, 6.07) is 17.3. The van der Waals surface area contributed by atoms with Crippen molar-refractivity contribution < 1.29 is 9.53 Å². The normalized spacial score (nSPS) is 11.4. The molecule has 0 aliphatic heterocycles. The van der Waals surface area contributed by atoms with Gasteiger partial charge in [0.25, 0.3) is 0 Å². The quantitative estimate of drug-likeness (QED) is 0.732. The van der Waals surface area contributed by atoms with Gasteiger partial charge in [-0.2, -0.15) is 0 Å². The Kier molecular flexibility index (Phi) is 9.13. The lowest BCUT2D eigenvalue weighted by atomic mass is 10.0. The van der Waals surface area contributed by atoms with Gasteiger partial charge in [-0.1, -0.05) is 67.9 Å². The van der Waals surface area contributed by atoms with E-state index >= 15 is 0 Å². The number of carbonyl (C=O) groups is 1. The molecule has 2 rings (SSSR count). The number of ether oxygens (including phenoxy) is 1. The standard InChI is InChI=1S/C20H25NO2.ClH/c1-2-3-7-16-10-12-17(13-11-16)14-19(21)20(22)23-15-18-8-5-4-6-9-18;/h4-6,8-13,19H,2-3,7,14-15,21H2,1H3;1H/t19-;/m0./s1. The molecular formula is C20H26ClNO2. The summed E-state index contributed by atoms with van der Waals surface area (Å²) < 4.78 is 5.27. The topological polar surface area (TPSA) is 52.3 Å². The van der Waals surface area contributed by atoms with Crippen molar-refractivity contribution in [3.05, 3.63) is 71.3 Å². The molecular weight excluding hydrogens is 322 g/mol. The van der Waals surface area contributed by atoms with Crippen LogP contribution in [0.25, 0.3) is 0 Å². The van der Waals surface area contributed by atoms with E-state index in [0.29, 0.717) is 6.42 Å². The maximum Gasteiger partial charge on any atom is 0.323 e. The Bertz CT molecular complexity index is 599. The van der Waals surface area contributed by atoms with Crippen molar-refractivity contribution in [2.24, 2.45) is 5.73 Å². The molecule has 0 bridgehead atoms. The van der Waals surface area contributed by atoms with Gasteiger partial charge in [0.15, 0.2) is 0 Å². The molecule has 1 atom stereocenters. The molecule has 3 nitrogen and oxygen atoms in total. The first-order chi connectivity index (χ1) is 11.2. The third-order valence-corrected chi connectivity index (χ3v) is 3.82. The average molecular weight is 348 g/mol. The zero-order valence-electron chi connectivity index (χ0n) is 14.1. The summed E-state index contributed by atoms with van der Waals surface area (Å²) in [4.78, 5) is 12.0. The van der Waals surface area contributed by atoms with Crippen LogP contribution in [0.15, 0.2) is 54.6 Å². The third kappa shape index (κ3) is 6.73. The Morgan fingerprint density at radius 1 is 1.00 bits per heavy atom. The van der Waals surface area contributed by atoms with Crippen molar-refractivity contribution in [3.63, 3.8) is 0 Å². The van der Waals surface area contributed by atoms with E-state index in [1.807, 2.05) is 30.3 Å². The van der Waals surface area contributed by atoms with Crippen molar-refractivity contribution in [2.45, 2.75) is 45.3 Å². The van der Waals surface area contributed by atoms with Crippen molar-refractivity contribution in [1.82, 2.24) is 0 Å². The second-order valence-corrected chi connectivity index (χ2v) is 5.82. The van der Waals surface area contributed by atoms with E-state index in [0.717, 1.165) is 17.5 Å². The van der Waals surface area contributed by atoms with E-state index in [1.165, 1.54) is 18.4 Å². The fourth-order valence-electron chi connectivity index (χ4n) is 2.40. The summed E-state index contributed by atoms with van der Waals surface area (Å²) in [5.74, 6) is -0.357. The molecule has 0 saturated carbocycles.